The van der Waals surface area contributed by atoms with E-state index >= 15 is 0 Å². The molecule has 0 aromatic heterocycles. The lowest BCUT2D eigenvalue weighted by Crippen LogP contribution is -2.55. The van der Waals surface area contributed by atoms with E-state index in [0.29, 0.717) is 0 Å². The van der Waals surface area contributed by atoms with Crippen molar-refractivity contribution in [3.8, 4) is 0 Å². The summed E-state index contributed by atoms with van der Waals surface area (Å²) in [4.78, 5) is 2.47. The molecule has 0 amide bonds. The van der Waals surface area contributed by atoms with Crippen LogP contribution in [0.5, 0.6) is 0 Å². The van der Waals surface area contributed by atoms with Crippen LogP contribution in [0.15, 0.2) is 18.2 Å². The first-order valence-electron chi connectivity index (χ1n) is 8.41. The second-order valence-electron chi connectivity index (χ2n) is 7.36. The molecule has 0 atom stereocenters. The van der Waals surface area contributed by atoms with E-state index in [-0.39, 0.29) is 5.54 Å². The van der Waals surface area contributed by atoms with Gasteiger partial charge in [0.15, 0.2) is 0 Å². The lowest BCUT2D eigenvalue weighted by molar-refractivity contribution is 0.194. The largest absolute Gasteiger partial charge is 0.367 e. The average Bonchev–Trinajstić information content (AvgIpc) is 2.46. The van der Waals surface area contributed by atoms with Gasteiger partial charge in [-0.2, -0.15) is 0 Å². The SMILES string of the molecule is Cc1ccc(N(C)C2(CN)CCC(C(C)C)CC2)c(C)c1. The van der Waals surface area contributed by atoms with Gasteiger partial charge in [0.05, 0.1) is 5.54 Å². The first-order chi connectivity index (χ1) is 9.89. The normalized spacial score (nSPS) is 26.1. The van der Waals surface area contributed by atoms with Gasteiger partial charge in [0.25, 0.3) is 0 Å². The summed E-state index contributed by atoms with van der Waals surface area (Å²) in [5, 5.41) is 0. The molecule has 0 spiro atoms. The lowest BCUT2D eigenvalue weighted by Gasteiger charge is -2.48. The minimum absolute atomic E-state index is 0.144. The van der Waals surface area contributed by atoms with Crippen molar-refractivity contribution in [2.75, 3.05) is 18.5 Å². The zero-order chi connectivity index (χ0) is 15.6. The lowest BCUT2D eigenvalue weighted by atomic mass is 9.72. The van der Waals surface area contributed by atoms with Crippen molar-refractivity contribution in [2.24, 2.45) is 17.6 Å². The molecule has 0 aliphatic heterocycles. The number of hydrogen-bond acceptors (Lipinski definition) is 2. The first kappa shape index (κ1) is 16.4. The van der Waals surface area contributed by atoms with Crippen LogP contribution in [0.25, 0.3) is 0 Å². The highest BCUT2D eigenvalue weighted by Crippen LogP contribution is 2.40. The van der Waals surface area contributed by atoms with Gasteiger partial charge in [0.2, 0.25) is 0 Å². The minimum atomic E-state index is 0.144. The maximum atomic E-state index is 6.24. The maximum absolute atomic E-state index is 6.24. The Morgan fingerprint density at radius 3 is 2.33 bits per heavy atom. The Hall–Kier alpha value is -1.02. The van der Waals surface area contributed by atoms with Crippen LogP contribution in [-0.4, -0.2) is 19.1 Å². The van der Waals surface area contributed by atoms with E-state index < -0.39 is 0 Å². The van der Waals surface area contributed by atoms with Crippen LogP contribution in [-0.2, 0) is 0 Å². The number of hydrogen-bond donors (Lipinski definition) is 1. The Morgan fingerprint density at radius 2 is 1.86 bits per heavy atom. The van der Waals surface area contributed by atoms with E-state index in [9.17, 15) is 0 Å². The molecular formula is C19H32N2. The number of anilines is 1. The first-order valence-corrected chi connectivity index (χ1v) is 8.41. The quantitative estimate of drug-likeness (QED) is 0.896. The monoisotopic (exact) mass is 288 g/mol. The molecular weight excluding hydrogens is 256 g/mol. The molecule has 1 aromatic rings. The minimum Gasteiger partial charge on any atom is -0.367 e. The number of aryl methyl sites for hydroxylation is 2. The van der Waals surface area contributed by atoms with E-state index in [0.717, 1.165) is 18.4 Å². The Labute approximate surface area is 130 Å². The fourth-order valence-electron chi connectivity index (χ4n) is 3.96. The standard InChI is InChI=1S/C19H32N2/c1-14(2)17-8-10-19(13-20,11-9-17)21(5)18-7-6-15(3)12-16(18)4/h6-7,12,14,17H,8-11,13,20H2,1-5H3. The summed E-state index contributed by atoms with van der Waals surface area (Å²) in [6, 6.07) is 6.75. The summed E-state index contributed by atoms with van der Waals surface area (Å²) in [5.41, 5.74) is 10.4. The van der Waals surface area contributed by atoms with Crippen molar-refractivity contribution >= 4 is 5.69 Å². The molecule has 118 valence electrons. The molecule has 2 rings (SSSR count). The van der Waals surface area contributed by atoms with Crippen molar-refractivity contribution < 1.29 is 0 Å². The topological polar surface area (TPSA) is 29.3 Å². The maximum Gasteiger partial charge on any atom is 0.0521 e. The van der Waals surface area contributed by atoms with Gasteiger partial charge in [0.1, 0.15) is 0 Å². The zero-order valence-electron chi connectivity index (χ0n) is 14.4. The molecule has 1 aromatic carbocycles. The van der Waals surface area contributed by atoms with Gasteiger partial charge in [-0.25, -0.2) is 0 Å². The van der Waals surface area contributed by atoms with Gasteiger partial charge in [-0.05, 0) is 63.0 Å². The van der Waals surface area contributed by atoms with Gasteiger partial charge >= 0.3 is 0 Å². The highest BCUT2D eigenvalue weighted by atomic mass is 15.2. The van der Waals surface area contributed by atoms with Crippen molar-refractivity contribution in [3.05, 3.63) is 29.3 Å². The van der Waals surface area contributed by atoms with E-state index in [1.807, 2.05) is 0 Å². The number of likely N-dealkylation sites (N-methyl/N-ethyl adjacent to an activating group) is 1. The summed E-state index contributed by atoms with van der Waals surface area (Å²) < 4.78 is 0. The van der Waals surface area contributed by atoms with Gasteiger partial charge in [0, 0.05) is 19.3 Å². The van der Waals surface area contributed by atoms with Gasteiger partial charge in [-0.3, -0.25) is 0 Å². The highest BCUT2D eigenvalue weighted by molar-refractivity contribution is 5.56. The molecule has 0 heterocycles. The van der Waals surface area contributed by atoms with E-state index in [1.54, 1.807) is 0 Å². The summed E-state index contributed by atoms with van der Waals surface area (Å²) >= 11 is 0. The summed E-state index contributed by atoms with van der Waals surface area (Å²) in [6.07, 6.45) is 5.06. The summed E-state index contributed by atoms with van der Waals surface area (Å²) in [5.74, 6) is 1.67. The Balaban J connectivity index is 2.21. The van der Waals surface area contributed by atoms with Crippen LogP contribution < -0.4 is 10.6 Å². The van der Waals surface area contributed by atoms with Crippen LogP contribution in [0.2, 0.25) is 0 Å². The van der Waals surface area contributed by atoms with Crippen LogP contribution >= 0.6 is 0 Å². The third-order valence-electron chi connectivity index (χ3n) is 5.71. The Bertz CT molecular complexity index is 470. The van der Waals surface area contributed by atoms with Crippen molar-refractivity contribution in [3.63, 3.8) is 0 Å². The third kappa shape index (κ3) is 3.26. The predicted molar refractivity (Wildman–Crippen MR) is 92.9 cm³/mol. The molecule has 0 radical (unpaired) electrons. The smallest absolute Gasteiger partial charge is 0.0521 e. The summed E-state index contributed by atoms with van der Waals surface area (Å²) in [6.45, 7) is 9.83. The van der Waals surface area contributed by atoms with Crippen LogP contribution in [0.3, 0.4) is 0 Å². The molecule has 2 N–H and O–H groups in total. The number of nitrogens with zero attached hydrogens (tertiary/aromatic N) is 1. The average molecular weight is 288 g/mol. The van der Waals surface area contributed by atoms with Crippen molar-refractivity contribution in [1.29, 1.82) is 0 Å². The highest BCUT2D eigenvalue weighted by Gasteiger charge is 2.38. The fourth-order valence-corrected chi connectivity index (χ4v) is 3.96. The molecule has 1 saturated carbocycles. The van der Waals surface area contributed by atoms with Gasteiger partial charge in [-0.15, -0.1) is 0 Å². The molecule has 1 fully saturated rings. The zero-order valence-corrected chi connectivity index (χ0v) is 14.4. The van der Waals surface area contributed by atoms with E-state index in [2.05, 4.69) is 57.8 Å². The molecule has 1 aliphatic rings. The molecule has 1 aliphatic carbocycles. The molecule has 0 saturated heterocycles. The van der Waals surface area contributed by atoms with Crippen molar-refractivity contribution in [1.82, 2.24) is 0 Å². The predicted octanol–water partition coefficient (Wildman–Crippen LogP) is 4.28. The van der Waals surface area contributed by atoms with Crippen molar-refractivity contribution in [2.45, 2.75) is 58.9 Å². The molecule has 21 heavy (non-hydrogen) atoms. The van der Waals surface area contributed by atoms with Gasteiger partial charge < -0.3 is 10.6 Å². The van der Waals surface area contributed by atoms with Crippen LogP contribution in [0.1, 0.15) is 50.7 Å². The number of rotatable bonds is 4. The molecule has 2 heteroatoms. The van der Waals surface area contributed by atoms with Crippen LogP contribution in [0, 0.1) is 25.7 Å². The Morgan fingerprint density at radius 1 is 1.24 bits per heavy atom. The van der Waals surface area contributed by atoms with Crippen LogP contribution in [0.4, 0.5) is 5.69 Å². The number of benzene rings is 1. The Kier molecular flexibility index (Phi) is 4.98. The van der Waals surface area contributed by atoms with Gasteiger partial charge in [-0.1, -0.05) is 31.5 Å². The third-order valence-corrected chi connectivity index (χ3v) is 5.71. The second kappa shape index (κ2) is 6.39. The number of nitrogens with two attached hydrogens (primary N) is 1. The van der Waals surface area contributed by atoms with E-state index in [4.69, 9.17) is 5.73 Å². The molecule has 0 unspecified atom stereocenters. The fraction of sp³-hybridized carbons (Fsp3) is 0.684. The molecule has 0 bridgehead atoms. The van der Waals surface area contributed by atoms with E-state index in [1.165, 1.54) is 42.5 Å². The molecule has 2 nitrogen and oxygen atoms in total. The summed E-state index contributed by atoms with van der Waals surface area (Å²) in [7, 11) is 2.24. The second-order valence-corrected chi connectivity index (χ2v) is 7.36.